The average molecular weight is 490 g/mol. The van der Waals surface area contributed by atoms with Crippen LogP contribution in [-0.4, -0.2) is 36.9 Å². The van der Waals surface area contributed by atoms with Gasteiger partial charge in [-0.2, -0.15) is 0 Å². The molecule has 34 heavy (non-hydrogen) atoms. The summed E-state index contributed by atoms with van der Waals surface area (Å²) in [5.74, 6) is 3.81. The normalized spacial score (nSPS) is 27.6. The number of carbonyl (C=O) groups excluding carboxylic acids is 1. The molecule has 4 bridgehead atoms. The highest BCUT2D eigenvalue weighted by molar-refractivity contribution is 7.80. The highest BCUT2D eigenvalue weighted by Crippen LogP contribution is 2.61. The minimum atomic E-state index is -0.323. The Morgan fingerprint density at radius 2 is 1.44 bits per heavy atom. The minimum Gasteiger partial charge on any atom is -0.490 e. The Balaban J connectivity index is 1.38. The van der Waals surface area contributed by atoms with Crippen LogP contribution in [0.5, 0.6) is 17.2 Å². The highest BCUT2D eigenvalue weighted by atomic mass is 32.1. The summed E-state index contributed by atoms with van der Waals surface area (Å²) in [5.41, 5.74) is 6.35. The van der Waals surface area contributed by atoms with E-state index in [2.05, 4.69) is 23.1 Å². The first-order chi connectivity index (χ1) is 16.4. The number of thiocarbonyl (C=S) groups is 1. The van der Waals surface area contributed by atoms with Crippen LogP contribution in [0, 0.1) is 23.2 Å². The number of carbonyl (C=O) groups is 1. The molecule has 4 aliphatic rings. The molecule has 8 heteroatoms. The van der Waals surface area contributed by atoms with Gasteiger partial charge in [-0.1, -0.05) is 0 Å². The third-order valence-electron chi connectivity index (χ3n) is 7.81. The molecule has 0 radical (unpaired) electrons. The number of hydrazine groups is 1. The predicted molar refractivity (Wildman–Crippen MR) is 136 cm³/mol. The zero-order chi connectivity index (χ0) is 24.3. The zero-order valence-electron chi connectivity index (χ0n) is 20.9. The van der Waals surface area contributed by atoms with E-state index in [0.29, 0.717) is 53.2 Å². The molecule has 3 N–H and O–H groups in total. The molecular weight excluding hydrogens is 450 g/mol. The Bertz CT molecular complexity index is 844. The smallest absolute Gasteiger partial charge is 0.269 e. The first kappa shape index (κ1) is 24.9. The summed E-state index contributed by atoms with van der Waals surface area (Å²) < 4.78 is 17.2. The summed E-state index contributed by atoms with van der Waals surface area (Å²) in [6, 6.07) is 3.61. The van der Waals surface area contributed by atoms with Crippen LogP contribution in [0.1, 0.15) is 76.6 Å². The number of hydrogen-bond acceptors (Lipinski definition) is 5. The van der Waals surface area contributed by atoms with Crippen LogP contribution in [0.15, 0.2) is 12.1 Å². The van der Waals surface area contributed by atoms with Gasteiger partial charge in [-0.25, -0.2) is 0 Å². The van der Waals surface area contributed by atoms with Gasteiger partial charge in [0.1, 0.15) is 0 Å². The molecule has 0 saturated heterocycles. The van der Waals surface area contributed by atoms with E-state index in [0.717, 1.165) is 17.8 Å². The minimum absolute atomic E-state index is 0.275. The lowest BCUT2D eigenvalue weighted by Crippen LogP contribution is -2.58. The van der Waals surface area contributed by atoms with Crippen molar-refractivity contribution in [3.63, 3.8) is 0 Å². The SMILES string of the molecule is CCOc1cc(C(=O)NNC(=S)N[C@H](C)C23CC4CC(CC(C4)C2)C3)cc(OCC)c1OCC. The summed E-state index contributed by atoms with van der Waals surface area (Å²) >= 11 is 5.54. The van der Waals surface area contributed by atoms with Gasteiger partial charge in [0.25, 0.3) is 5.91 Å². The van der Waals surface area contributed by atoms with Crippen molar-refractivity contribution < 1.29 is 19.0 Å². The summed E-state index contributed by atoms with van der Waals surface area (Å²) in [7, 11) is 0. The maximum atomic E-state index is 12.9. The zero-order valence-corrected chi connectivity index (χ0v) is 21.7. The van der Waals surface area contributed by atoms with Crippen molar-refractivity contribution in [2.75, 3.05) is 19.8 Å². The van der Waals surface area contributed by atoms with Crippen molar-refractivity contribution in [2.24, 2.45) is 23.2 Å². The summed E-state index contributed by atoms with van der Waals surface area (Å²) in [6.45, 7) is 9.29. The first-order valence-electron chi connectivity index (χ1n) is 12.8. The van der Waals surface area contributed by atoms with Gasteiger partial charge in [-0.3, -0.25) is 15.6 Å². The quantitative estimate of drug-likeness (QED) is 0.346. The molecule has 4 aliphatic carbocycles. The molecule has 4 saturated carbocycles. The molecule has 4 fully saturated rings. The molecular formula is C26H39N3O4S. The second-order valence-electron chi connectivity index (χ2n) is 10.2. The maximum absolute atomic E-state index is 12.9. The van der Waals surface area contributed by atoms with E-state index in [4.69, 9.17) is 26.4 Å². The Morgan fingerprint density at radius 1 is 0.941 bits per heavy atom. The van der Waals surface area contributed by atoms with Gasteiger partial charge in [0, 0.05) is 11.6 Å². The van der Waals surface area contributed by atoms with Crippen molar-refractivity contribution in [1.82, 2.24) is 16.2 Å². The van der Waals surface area contributed by atoms with Crippen LogP contribution >= 0.6 is 12.2 Å². The molecule has 0 unspecified atom stereocenters. The van der Waals surface area contributed by atoms with Crippen LogP contribution < -0.4 is 30.4 Å². The van der Waals surface area contributed by atoms with Crippen LogP contribution in [-0.2, 0) is 0 Å². The molecule has 0 aromatic heterocycles. The average Bonchev–Trinajstić information content (AvgIpc) is 2.78. The third kappa shape index (κ3) is 5.21. The molecule has 188 valence electrons. The number of nitrogens with one attached hydrogen (secondary N) is 3. The van der Waals surface area contributed by atoms with E-state index < -0.39 is 0 Å². The van der Waals surface area contributed by atoms with Gasteiger partial charge >= 0.3 is 0 Å². The molecule has 0 aliphatic heterocycles. The predicted octanol–water partition coefficient (Wildman–Crippen LogP) is 4.60. The van der Waals surface area contributed by atoms with Crippen molar-refractivity contribution >= 4 is 23.2 Å². The number of benzene rings is 1. The van der Waals surface area contributed by atoms with E-state index in [-0.39, 0.29) is 11.9 Å². The Hall–Kier alpha value is -2.22. The number of amides is 1. The van der Waals surface area contributed by atoms with Crippen molar-refractivity contribution in [3.8, 4) is 17.2 Å². The highest BCUT2D eigenvalue weighted by Gasteiger charge is 2.53. The van der Waals surface area contributed by atoms with Gasteiger partial charge in [0.2, 0.25) is 5.75 Å². The lowest BCUT2D eigenvalue weighted by atomic mass is 9.48. The largest absolute Gasteiger partial charge is 0.490 e. The fraction of sp³-hybridized carbons (Fsp3) is 0.692. The van der Waals surface area contributed by atoms with Gasteiger partial charge in [0.15, 0.2) is 16.6 Å². The molecule has 1 aromatic carbocycles. The molecule has 5 rings (SSSR count). The molecule has 0 spiro atoms. The standard InChI is InChI=1S/C26H39N3O4S/c1-5-31-21-11-20(12-22(32-6-2)23(21)33-7-3)24(30)28-29-25(34)27-16(4)26-13-17-8-18(14-26)10-19(9-17)15-26/h11-12,16-19H,5-10,13-15H2,1-4H3,(H,28,30)(H2,27,29,34)/t16-,17?,18?,19?,26?/m1/s1. The van der Waals surface area contributed by atoms with Crippen LogP contribution in [0.4, 0.5) is 0 Å². The Labute approximate surface area is 208 Å². The van der Waals surface area contributed by atoms with E-state index >= 15 is 0 Å². The second-order valence-corrected chi connectivity index (χ2v) is 10.6. The number of rotatable bonds is 9. The Kier molecular flexibility index (Phi) is 7.75. The molecule has 1 aromatic rings. The van der Waals surface area contributed by atoms with Crippen molar-refractivity contribution in [3.05, 3.63) is 17.7 Å². The second kappa shape index (κ2) is 10.6. The van der Waals surface area contributed by atoms with Crippen LogP contribution in [0.2, 0.25) is 0 Å². The van der Waals surface area contributed by atoms with E-state index in [9.17, 15) is 4.79 Å². The van der Waals surface area contributed by atoms with Gasteiger partial charge in [-0.15, -0.1) is 0 Å². The molecule has 1 atom stereocenters. The van der Waals surface area contributed by atoms with Gasteiger partial charge < -0.3 is 19.5 Å². The molecule has 0 heterocycles. The first-order valence-corrected chi connectivity index (χ1v) is 13.2. The maximum Gasteiger partial charge on any atom is 0.269 e. The third-order valence-corrected chi connectivity index (χ3v) is 8.03. The number of hydrogen-bond donors (Lipinski definition) is 3. The fourth-order valence-corrected chi connectivity index (χ4v) is 7.03. The lowest BCUT2D eigenvalue weighted by Gasteiger charge is -2.59. The van der Waals surface area contributed by atoms with E-state index in [1.54, 1.807) is 12.1 Å². The molecule has 7 nitrogen and oxygen atoms in total. The summed E-state index contributed by atoms with van der Waals surface area (Å²) in [4.78, 5) is 12.9. The van der Waals surface area contributed by atoms with Crippen molar-refractivity contribution in [1.29, 1.82) is 0 Å². The lowest BCUT2D eigenvalue weighted by molar-refractivity contribution is -0.0672. The fourth-order valence-electron chi connectivity index (χ4n) is 6.80. The van der Waals surface area contributed by atoms with Crippen LogP contribution in [0.25, 0.3) is 0 Å². The van der Waals surface area contributed by atoms with Crippen LogP contribution in [0.3, 0.4) is 0 Å². The van der Waals surface area contributed by atoms with Gasteiger partial charge in [-0.05, 0) is 114 Å². The topological polar surface area (TPSA) is 80.9 Å². The van der Waals surface area contributed by atoms with Gasteiger partial charge in [0.05, 0.1) is 19.8 Å². The van der Waals surface area contributed by atoms with Crippen molar-refractivity contribution in [2.45, 2.75) is 72.3 Å². The Morgan fingerprint density at radius 3 is 1.91 bits per heavy atom. The monoisotopic (exact) mass is 489 g/mol. The molecule has 1 amide bonds. The van der Waals surface area contributed by atoms with E-state index in [1.165, 1.54) is 38.5 Å². The summed E-state index contributed by atoms with van der Waals surface area (Å²) in [5, 5.41) is 3.91. The van der Waals surface area contributed by atoms with E-state index in [1.807, 2.05) is 20.8 Å². The summed E-state index contributed by atoms with van der Waals surface area (Å²) in [6.07, 6.45) is 8.15. The number of ether oxygens (including phenoxy) is 3.